The minimum atomic E-state index is -0.964. The normalized spacial score (nSPS) is 10.4. The topological polar surface area (TPSA) is 113 Å². The number of hydrogen-bond donors (Lipinski definition) is 3. The minimum absolute atomic E-state index is 0.209. The lowest BCUT2D eigenvalue weighted by Crippen LogP contribution is -2.33. The summed E-state index contributed by atoms with van der Waals surface area (Å²) in [4.78, 5) is 40.7. The second-order valence-electron chi connectivity index (χ2n) is 6.30. The number of carbonyl (C=O) groups is 3. The lowest BCUT2D eigenvalue weighted by Gasteiger charge is -2.11. The first-order valence-electron chi connectivity index (χ1n) is 9.04. The Bertz CT molecular complexity index is 1100. The molecule has 8 nitrogen and oxygen atoms in total. The van der Waals surface area contributed by atoms with Gasteiger partial charge < -0.3 is 10.6 Å². The van der Waals surface area contributed by atoms with Gasteiger partial charge in [-0.05, 0) is 54.4 Å². The molecule has 0 aliphatic carbocycles. The van der Waals surface area contributed by atoms with Crippen LogP contribution in [0.5, 0.6) is 0 Å². The number of anilines is 2. The predicted molar refractivity (Wildman–Crippen MR) is 114 cm³/mol. The third-order valence-electron chi connectivity index (χ3n) is 3.99. The minimum Gasteiger partial charge on any atom is -0.322 e. The van der Waals surface area contributed by atoms with Gasteiger partial charge in [0.1, 0.15) is 0 Å². The molecule has 150 valence electrons. The molecular formula is C22H19N5O3. The van der Waals surface area contributed by atoms with Crippen molar-refractivity contribution in [2.24, 2.45) is 5.10 Å². The van der Waals surface area contributed by atoms with Crippen LogP contribution in [0.4, 0.5) is 11.4 Å². The summed E-state index contributed by atoms with van der Waals surface area (Å²) in [5.41, 5.74) is 4.91. The van der Waals surface area contributed by atoms with Crippen molar-refractivity contribution in [2.75, 3.05) is 10.6 Å². The number of aryl methyl sites for hydroxylation is 1. The Morgan fingerprint density at radius 1 is 0.900 bits per heavy atom. The molecule has 0 atom stereocenters. The van der Waals surface area contributed by atoms with Gasteiger partial charge in [0.25, 0.3) is 5.91 Å². The van der Waals surface area contributed by atoms with Crippen molar-refractivity contribution in [1.29, 1.82) is 0 Å². The van der Waals surface area contributed by atoms with E-state index in [9.17, 15) is 14.4 Å². The Kier molecular flexibility index (Phi) is 6.63. The smallest absolute Gasteiger partial charge is 0.322 e. The highest BCUT2D eigenvalue weighted by atomic mass is 16.2. The maximum atomic E-state index is 12.6. The summed E-state index contributed by atoms with van der Waals surface area (Å²) in [6.07, 6.45) is 4.54. The van der Waals surface area contributed by atoms with E-state index < -0.39 is 17.7 Å². The van der Waals surface area contributed by atoms with E-state index in [0.717, 1.165) is 5.56 Å². The monoisotopic (exact) mass is 401 g/mol. The highest BCUT2D eigenvalue weighted by molar-refractivity contribution is 6.40. The number of carbonyl (C=O) groups excluding carboxylic acids is 3. The molecule has 0 spiro atoms. The molecule has 0 saturated carbocycles. The molecule has 0 aliphatic heterocycles. The second kappa shape index (κ2) is 9.74. The molecule has 0 unspecified atom stereocenters. The van der Waals surface area contributed by atoms with Crippen molar-refractivity contribution in [3.63, 3.8) is 0 Å². The van der Waals surface area contributed by atoms with E-state index in [0.29, 0.717) is 11.3 Å². The van der Waals surface area contributed by atoms with E-state index >= 15 is 0 Å². The fourth-order valence-corrected chi connectivity index (χ4v) is 2.56. The number of hydrazone groups is 1. The van der Waals surface area contributed by atoms with Crippen molar-refractivity contribution < 1.29 is 14.4 Å². The van der Waals surface area contributed by atoms with Crippen molar-refractivity contribution >= 4 is 35.3 Å². The average molecular weight is 401 g/mol. The number of amides is 3. The first kappa shape index (κ1) is 20.4. The van der Waals surface area contributed by atoms with Crippen molar-refractivity contribution in [2.45, 2.75) is 6.92 Å². The molecule has 3 aromatic rings. The van der Waals surface area contributed by atoms with Gasteiger partial charge in [-0.2, -0.15) is 5.10 Å². The largest absolute Gasteiger partial charge is 0.329 e. The summed E-state index contributed by atoms with van der Waals surface area (Å²) in [5.74, 6) is -2.32. The summed E-state index contributed by atoms with van der Waals surface area (Å²) < 4.78 is 0. The number of pyridine rings is 1. The number of rotatable bonds is 5. The SMILES string of the molecule is Cc1cccc(NC(=O)c2ccccc2NC(=O)C(=O)N/N=C\c2ccncc2)c1. The van der Waals surface area contributed by atoms with Crippen LogP contribution in [0, 0.1) is 6.92 Å². The Labute approximate surface area is 173 Å². The van der Waals surface area contributed by atoms with Gasteiger partial charge in [0, 0.05) is 18.1 Å². The third-order valence-corrected chi connectivity index (χ3v) is 3.99. The summed E-state index contributed by atoms with van der Waals surface area (Å²) in [7, 11) is 0. The molecule has 0 fully saturated rings. The van der Waals surface area contributed by atoms with Gasteiger partial charge in [0.15, 0.2) is 0 Å². The van der Waals surface area contributed by atoms with Crippen LogP contribution in [0.15, 0.2) is 78.2 Å². The first-order chi connectivity index (χ1) is 14.5. The quantitative estimate of drug-likeness (QED) is 0.347. The van der Waals surface area contributed by atoms with Gasteiger partial charge in [-0.3, -0.25) is 19.4 Å². The number of hydrogen-bond acceptors (Lipinski definition) is 5. The number of para-hydroxylation sites is 1. The summed E-state index contributed by atoms with van der Waals surface area (Å²) in [5, 5.41) is 8.95. The molecule has 1 heterocycles. The van der Waals surface area contributed by atoms with Crippen LogP contribution in [-0.2, 0) is 9.59 Å². The predicted octanol–water partition coefficient (Wildman–Crippen LogP) is 2.73. The van der Waals surface area contributed by atoms with Crippen LogP contribution in [0.1, 0.15) is 21.5 Å². The zero-order valence-corrected chi connectivity index (χ0v) is 16.1. The number of nitrogens with one attached hydrogen (secondary N) is 3. The highest BCUT2D eigenvalue weighted by Crippen LogP contribution is 2.18. The van der Waals surface area contributed by atoms with E-state index in [2.05, 4.69) is 26.1 Å². The second-order valence-corrected chi connectivity index (χ2v) is 6.30. The molecule has 1 aromatic heterocycles. The maximum Gasteiger partial charge on any atom is 0.329 e. The van der Waals surface area contributed by atoms with Gasteiger partial charge >= 0.3 is 11.8 Å². The third kappa shape index (κ3) is 5.59. The highest BCUT2D eigenvalue weighted by Gasteiger charge is 2.17. The Morgan fingerprint density at radius 2 is 1.67 bits per heavy atom. The van der Waals surface area contributed by atoms with Gasteiger partial charge in [0.2, 0.25) is 0 Å². The van der Waals surface area contributed by atoms with E-state index in [1.54, 1.807) is 48.8 Å². The first-order valence-corrected chi connectivity index (χ1v) is 9.04. The molecule has 3 amide bonds. The van der Waals surface area contributed by atoms with Crippen LogP contribution in [0.3, 0.4) is 0 Å². The zero-order valence-electron chi connectivity index (χ0n) is 16.1. The molecular weight excluding hydrogens is 382 g/mol. The lowest BCUT2D eigenvalue weighted by atomic mass is 10.1. The Morgan fingerprint density at radius 3 is 2.43 bits per heavy atom. The molecule has 3 rings (SSSR count). The number of nitrogens with zero attached hydrogens (tertiary/aromatic N) is 2. The number of aromatic nitrogens is 1. The average Bonchev–Trinajstić information content (AvgIpc) is 2.74. The molecule has 3 N–H and O–H groups in total. The van der Waals surface area contributed by atoms with Crippen LogP contribution in [-0.4, -0.2) is 28.9 Å². The van der Waals surface area contributed by atoms with Crippen molar-refractivity contribution in [1.82, 2.24) is 10.4 Å². The molecule has 0 bridgehead atoms. The molecule has 0 aliphatic rings. The fourth-order valence-electron chi connectivity index (χ4n) is 2.56. The summed E-state index contributed by atoms with van der Waals surface area (Å²) >= 11 is 0. The fraction of sp³-hybridized carbons (Fsp3) is 0.0455. The van der Waals surface area contributed by atoms with E-state index in [-0.39, 0.29) is 11.3 Å². The van der Waals surface area contributed by atoms with Crippen molar-refractivity contribution in [3.05, 3.63) is 89.7 Å². The maximum absolute atomic E-state index is 12.6. The van der Waals surface area contributed by atoms with Gasteiger partial charge in [-0.25, -0.2) is 5.43 Å². The van der Waals surface area contributed by atoms with Crippen LogP contribution in [0.25, 0.3) is 0 Å². The molecule has 0 saturated heterocycles. The van der Waals surface area contributed by atoms with E-state index in [4.69, 9.17) is 0 Å². The standard InChI is InChI=1S/C22H19N5O3/c1-15-5-4-6-17(13-15)25-20(28)18-7-2-3-8-19(18)26-21(29)22(30)27-24-14-16-9-11-23-12-10-16/h2-14H,1H3,(H,25,28)(H,26,29)(H,27,30)/b24-14-. The van der Waals surface area contributed by atoms with E-state index in [1.165, 1.54) is 12.3 Å². The molecule has 8 heteroatoms. The van der Waals surface area contributed by atoms with Crippen LogP contribution >= 0.6 is 0 Å². The number of benzene rings is 2. The summed E-state index contributed by atoms with van der Waals surface area (Å²) in [6, 6.07) is 17.1. The van der Waals surface area contributed by atoms with Gasteiger partial charge in [-0.15, -0.1) is 0 Å². The van der Waals surface area contributed by atoms with E-state index in [1.807, 2.05) is 25.1 Å². The van der Waals surface area contributed by atoms with Crippen LogP contribution < -0.4 is 16.1 Å². The molecule has 0 radical (unpaired) electrons. The van der Waals surface area contributed by atoms with Gasteiger partial charge in [-0.1, -0.05) is 24.3 Å². The van der Waals surface area contributed by atoms with Crippen LogP contribution in [0.2, 0.25) is 0 Å². The Hall–Kier alpha value is -4.33. The Balaban J connectivity index is 1.64. The molecule has 2 aromatic carbocycles. The summed E-state index contributed by atoms with van der Waals surface area (Å²) in [6.45, 7) is 1.92. The van der Waals surface area contributed by atoms with Crippen molar-refractivity contribution in [3.8, 4) is 0 Å². The lowest BCUT2D eigenvalue weighted by molar-refractivity contribution is -0.136. The molecule has 30 heavy (non-hydrogen) atoms. The van der Waals surface area contributed by atoms with Gasteiger partial charge in [0.05, 0.1) is 17.5 Å². The zero-order chi connectivity index (χ0) is 21.3.